The van der Waals surface area contributed by atoms with Crippen molar-refractivity contribution in [2.24, 2.45) is 0 Å². The molecule has 4 rings (SSSR count). The van der Waals surface area contributed by atoms with Crippen LogP contribution in [0.5, 0.6) is 0 Å². The molecule has 1 heterocycles. The van der Waals surface area contributed by atoms with Crippen LogP contribution >= 0.6 is 23.2 Å². The second-order valence-electron chi connectivity index (χ2n) is 8.22. The molecular formula is C27H21Cl2NO5. The van der Waals surface area contributed by atoms with Gasteiger partial charge in [-0.1, -0.05) is 65.7 Å². The number of aliphatic carboxylic acids is 1. The number of benzene rings is 3. The Hall–Kier alpha value is -3.61. The zero-order valence-corrected chi connectivity index (χ0v) is 19.9. The number of aliphatic hydroxyl groups excluding tert-OH is 1. The van der Waals surface area contributed by atoms with Gasteiger partial charge in [-0.25, -0.2) is 0 Å². The minimum atomic E-state index is -1.03. The molecule has 0 radical (unpaired) electrons. The van der Waals surface area contributed by atoms with Crippen LogP contribution < -0.4 is 0 Å². The number of hydrogen-bond donors (Lipinski definition) is 2. The normalized spacial score (nSPS) is 18.0. The molecule has 2 atom stereocenters. The fourth-order valence-electron chi connectivity index (χ4n) is 4.28. The van der Waals surface area contributed by atoms with Crippen molar-refractivity contribution < 1.29 is 24.6 Å². The highest BCUT2D eigenvalue weighted by atomic mass is 35.5. The molecule has 1 aliphatic rings. The van der Waals surface area contributed by atoms with Gasteiger partial charge >= 0.3 is 5.97 Å². The van der Waals surface area contributed by atoms with Crippen LogP contribution in [0.25, 0.3) is 5.76 Å². The molecule has 0 bridgehead atoms. The molecule has 35 heavy (non-hydrogen) atoms. The Balaban J connectivity index is 1.83. The number of carbonyl (C=O) groups excluding carboxylic acids is 2. The van der Waals surface area contributed by atoms with E-state index in [1.165, 1.54) is 4.90 Å². The van der Waals surface area contributed by atoms with Crippen LogP contribution in [0.4, 0.5) is 0 Å². The number of carbonyl (C=O) groups is 3. The fourth-order valence-corrected chi connectivity index (χ4v) is 4.54. The molecule has 0 saturated carbocycles. The highest BCUT2D eigenvalue weighted by Gasteiger charge is 2.46. The standard InChI is InChI=1S/C27H21Cl2NO5/c28-20-10-6-17(7-11-20)24-23(25(33)18-8-12-21(29)13-9-18)26(34)27(35)30(24)15-19(14-22(31)32)16-4-2-1-3-5-16/h1-13,19,24,33H,14-15H2,(H,31,32)/t19-,24+/m0/s1. The molecular weight excluding hydrogens is 489 g/mol. The molecule has 3 aromatic carbocycles. The summed E-state index contributed by atoms with van der Waals surface area (Å²) in [6.07, 6.45) is -0.239. The Kier molecular flexibility index (Phi) is 7.24. The largest absolute Gasteiger partial charge is 0.507 e. The van der Waals surface area contributed by atoms with Crippen molar-refractivity contribution in [2.45, 2.75) is 18.4 Å². The monoisotopic (exact) mass is 509 g/mol. The van der Waals surface area contributed by atoms with Crippen molar-refractivity contribution in [3.05, 3.63) is 111 Å². The van der Waals surface area contributed by atoms with Crippen LogP contribution in [0.2, 0.25) is 10.0 Å². The Morgan fingerprint density at radius 1 is 0.857 bits per heavy atom. The maximum Gasteiger partial charge on any atom is 0.304 e. The Bertz CT molecular complexity index is 1290. The first-order chi connectivity index (χ1) is 16.8. The van der Waals surface area contributed by atoms with Gasteiger partial charge in [-0.15, -0.1) is 0 Å². The molecule has 6 nitrogen and oxygen atoms in total. The number of hydrogen-bond acceptors (Lipinski definition) is 4. The van der Waals surface area contributed by atoms with Crippen LogP contribution in [-0.4, -0.2) is 39.3 Å². The van der Waals surface area contributed by atoms with Gasteiger partial charge in [0.15, 0.2) is 0 Å². The van der Waals surface area contributed by atoms with E-state index in [-0.39, 0.29) is 24.3 Å². The minimum Gasteiger partial charge on any atom is -0.507 e. The number of amides is 1. The fraction of sp³-hybridized carbons (Fsp3) is 0.148. The lowest BCUT2D eigenvalue weighted by Crippen LogP contribution is -2.34. The van der Waals surface area contributed by atoms with Gasteiger partial charge < -0.3 is 15.1 Å². The summed E-state index contributed by atoms with van der Waals surface area (Å²) in [6.45, 7) is -0.0361. The van der Waals surface area contributed by atoms with Gasteiger partial charge in [0.05, 0.1) is 18.0 Å². The summed E-state index contributed by atoms with van der Waals surface area (Å²) in [5, 5.41) is 21.6. The smallest absolute Gasteiger partial charge is 0.304 e. The molecule has 1 amide bonds. The summed E-state index contributed by atoms with van der Waals surface area (Å²) >= 11 is 12.0. The maximum absolute atomic E-state index is 13.2. The Morgan fingerprint density at radius 3 is 2.00 bits per heavy atom. The average molecular weight is 510 g/mol. The average Bonchev–Trinajstić information content (AvgIpc) is 3.09. The first-order valence-corrected chi connectivity index (χ1v) is 11.6. The van der Waals surface area contributed by atoms with Crippen LogP contribution in [0.15, 0.2) is 84.4 Å². The summed E-state index contributed by atoms with van der Waals surface area (Å²) in [7, 11) is 0. The minimum absolute atomic E-state index is 0.0361. The number of Topliss-reactive ketones (excluding diaryl/α,β-unsaturated/α-hetero) is 1. The molecule has 1 aliphatic heterocycles. The number of carboxylic acid groups (broad SMARTS) is 1. The zero-order valence-electron chi connectivity index (χ0n) is 18.4. The van der Waals surface area contributed by atoms with Gasteiger partial charge in [-0.05, 0) is 47.5 Å². The predicted molar refractivity (Wildman–Crippen MR) is 133 cm³/mol. The van der Waals surface area contributed by atoms with Crippen molar-refractivity contribution in [1.82, 2.24) is 4.90 Å². The van der Waals surface area contributed by atoms with E-state index in [1.807, 2.05) is 6.07 Å². The molecule has 0 unspecified atom stereocenters. The van der Waals surface area contributed by atoms with Gasteiger partial charge in [0.1, 0.15) is 5.76 Å². The summed E-state index contributed by atoms with van der Waals surface area (Å²) in [4.78, 5) is 39.4. The van der Waals surface area contributed by atoms with E-state index in [0.29, 0.717) is 21.2 Å². The number of carboxylic acids is 1. The lowest BCUT2D eigenvalue weighted by atomic mass is 9.92. The molecule has 1 fully saturated rings. The van der Waals surface area contributed by atoms with Gasteiger partial charge in [0.25, 0.3) is 11.7 Å². The lowest BCUT2D eigenvalue weighted by Gasteiger charge is -2.29. The summed E-state index contributed by atoms with van der Waals surface area (Å²) in [6, 6.07) is 20.9. The summed E-state index contributed by atoms with van der Waals surface area (Å²) in [5.74, 6) is -3.60. The van der Waals surface area contributed by atoms with Crippen molar-refractivity contribution in [2.75, 3.05) is 6.54 Å². The zero-order chi connectivity index (χ0) is 25.1. The summed E-state index contributed by atoms with van der Waals surface area (Å²) < 4.78 is 0. The van der Waals surface area contributed by atoms with E-state index in [9.17, 15) is 24.6 Å². The topological polar surface area (TPSA) is 94.9 Å². The van der Waals surface area contributed by atoms with Gasteiger partial charge in [0, 0.05) is 28.1 Å². The van der Waals surface area contributed by atoms with E-state index >= 15 is 0 Å². The molecule has 0 aromatic heterocycles. The highest BCUT2D eigenvalue weighted by Crippen LogP contribution is 2.41. The van der Waals surface area contributed by atoms with Gasteiger partial charge in [0.2, 0.25) is 0 Å². The first-order valence-electron chi connectivity index (χ1n) is 10.8. The number of ketones is 1. The number of likely N-dealkylation sites (tertiary alicyclic amines) is 1. The molecule has 3 aromatic rings. The van der Waals surface area contributed by atoms with Crippen molar-refractivity contribution in [3.63, 3.8) is 0 Å². The predicted octanol–water partition coefficient (Wildman–Crippen LogP) is 5.67. The Labute approximate surface area is 212 Å². The van der Waals surface area contributed by atoms with E-state index in [2.05, 4.69) is 0 Å². The van der Waals surface area contributed by atoms with Crippen molar-refractivity contribution >= 4 is 46.6 Å². The lowest BCUT2D eigenvalue weighted by molar-refractivity contribution is -0.141. The van der Waals surface area contributed by atoms with Crippen molar-refractivity contribution in [1.29, 1.82) is 0 Å². The number of aliphatic hydroxyl groups is 1. The third-order valence-electron chi connectivity index (χ3n) is 5.95. The van der Waals surface area contributed by atoms with E-state index in [4.69, 9.17) is 23.2 Å². The third-order valence-corrected chi connectivity index (χ3v) is 6.46. The number of nitrogens with zero attached hydrogens (tertiary/aromatic N) is 1. The first kappa shape index (κ1) is 24.5. The third kappa shape index (κ3) is 5.24. The van der Waals surface area contributed by atoms with E-state index < -0.39 is 29.6 Å². The maximum atomic E-state index is 13.2. The molecule has 8 heteroatoms. The van der Waals surface area contributed by atoms with Crippen LogP contribution in [0.1, 0.15) is 35.1 Å². The van der Waals surface area contributed by atoms with Gasteiger partial charge in [-0.3, -0.25) is 14.4 Å². The molecule has 0 aliphatic carbocycles. The van der Waals surface area contributed by atoms with Crippen LogP contribution in [0.3, 0.4) is 0 Å². The van der Waals surface area contributed by atoms with Gasteiger partial charge in [-0.2, -0.15) is 0 Å². The molecule has 0 spiro atoms. The molecule has 2 N–H and O–H groups in total. The van der Waals surface area contributed by atoms with Crippen LogP contribution in [0, 0.1) is 0 Å². The highest BCUT2D eigenvalue weighted by molar-refractivity contribution is 6.46. The van der Waals surface area contributed by atoms with Crippen LogP contribution in [-0.2, 0) is 14.4 Å². The van der Waals surface area contributed by atoms with E-state index in [0.717, 1.165) is 5.56 Å². The van der Waals surface area contributed by atoms with Crippen molar-refractivity contribution in [3.8, 4) is 0 Å². The second-order valence-corrected chi connectivity index (χ2v) is 9.09. The second kappa shape index (κ2) is 10.3. The SMILES string of the molecule is O=C(O)C[C@@H](CN1C(=O)C(=O)C(=C(O)c2ccc(Cl)cc2)[C@H]1c1ccc(Cl)cc1)c1ccccc1. The number of rotatable bonds is 7. The van der Waals surface area contributed by atoms with E-state index in [1.54, 1.807) is 72.8 Å². The molecule has 178 valence electrons. The Morgan fingerprint density at radius 2 is 1.43 bits per heavy atom. The number of halogens is 2. The summed E-state index contributed by atoms with van der Waals surface area (Å²) in [5.41, 5.74) is 1.54. The molecule has 1 saturated heterocycles. The quantitative estimate of drug-likeness (QED) is 0.243.